The monoisotopic (exact) mass is 268 g/mol. The Balaban J connectivity index is 2.21. The number of nitro groups is 1. The molecule has 104 valence electrons. The highest BCUT2D eigenvalue weighted by Gasteiger charge is 2.27. The molecule has 0 saturated carbocycles. The molecular weight excluding hydrogens is 251 g/mol. The molecule has 0 bridgehead atoms. The fourth-order valence-corrected chi connectivity index (χ4v) is 2.54. The first kappa shape index (κ1) is 13.7. The van der Waals surface area contributed by atoms with E-state index in [1.807, 2.05) is 13.8 Å². The standard InChI is InChI=1S/C13H17FN2O3/c1-8-6-10(7-9(2)19-8)15-13-11(14)4-3-5-12(13)16(17)18/h3-5,8-10,15H,6-7H2,1-2H3. The predicted molar refractivity (Wildman–Crippen MR) is 69.7 cm³/mol. The number of nitrogens with one attached hydrogen (secondary N) is 1. The highest BCUT2D eigenvalue weighted by molar-refractivity contribution is 5.62. The van der Waals surface area contributed by atoms with Gasteiger partial charge in [-0.15, -0.1) is 0 Å². The number of anilines is 1. The largest absolute Gasteiger partial charge is 0.375 e. The fraction of sp³-hybridized carbons (Fsp3) is 0.538. The lowest BCUT2D eigenvalue weighted by molar-refractivity contribution is -0.384. The average molecular weight is 268 g/mol. The van der Waals surface area contributed by atoms with Gasteiger partial charge < -0.3 is 10.1 Å². The van der Waals surface area contributed by atoms with Crippen LogP contribution in [0.2, 0.25) is 0 Å². The van der Waals surface area contributed by atoms with E-state index in [-0.39, 0.29) is 29.6 Å². The van der Waals surface area contributed by atoms with Crippen LogP contribution in [0, 0.1) is 15.9 Å². The van der Waals surface area contributed by atoms with Crippen LogP contribution in [0.25, 0.3) is 0 Å². The Labute approximate surface area is 110 Å². The second kappa shape index (κ2) is 5.52. The summed E-state index contributed by atoms with van der Waals surface area (Å²) in [6.07, 6.45) is 1.53. The van der Waals surface area contributed by atoms with Gasteiger partial charge in [0.25, 0.3) is 5.69 Å². The number of nitrogens with zero attached hydrogens (tertiary/aromatic N) is 1. The number of ether oxygens (including phenoxy) is 1. The molecule has 1 aromatic rings. The number of hydrogen-bond donors (Lipinski definition) is 1. The lowest BCUT2D eigenvalue weighted by atomic mass is 9.99. The molecule has 2 atom stereocenters. The number of halogens is 1. The molecule has 0 amide bonds. The Hall–Kier alpha value is -1.69. The molecule has 1 aliphatic heterocycles. The van der Waals surface area contributed by atoms with Crippen LogP contribution in [0.5, 0.6) is 0 Å². The van der Waals surface area contributed by atoms with E-state index in [1.165, 1.54) is 18.2 Å². The minimum atomic E-state index is -0.596. The maximum absolute atomic E-state index is 13.8. The van der Waals surface area contributed by atoms with E-state index in [0.717, 1.165) is 0 Å². The van der Waals surface area contributed by atoms with Crippen LogP contribution in [-0.4, -0.2) is 23.2 Å². The van der Waals surface area contributed by atoms with Crippen molar-refractivity contribution >= 4 is 11.4 Å². The molecule has 1 saturated heterocycles. The maximum atomic E-state index is 13.8. The van der Waals surface area contributed by atoms with Gasteiger partial charge in [0.2, 0.25) is 0 Å². The van der Waals surface area contributed by atoms with Crippen LogP contribution in [0.4, 0.5) is 15.8 Å². The molecule has 6 heteroatoms. The van der Waals surface area contributed by atoms with Crippen molar-refractivity contribution in [3.63, 3.8) is 0 Å². The summed E-state index contributed by atoms with van der Waals surface area (Å²) in [7, 11) is 0. The van der Waals surface area contributed by atoms with Gasteiger partial charge in [-0.2, -0.15) is 0 Å². The molecule has 2 rings (SSSR count). The molecular formula is C13H17FN2O3. The second-order valence-corrected chi connectivity index (χ2v) is 4.96. The number of hydrogen-bond acceptors (Lipinski definition) is 4. The molecule has 0 aliphatic carbocycles. The molecule has 1 fully saturated rings. The molecule has 0 aromatic heterocycles. The molecule has 19 heavy (non-hydrogen) atoms. The number of para-hydroxylation sites is 1. The third-order valence-electron chi connectivity index (χ3n) is 3.23. The lowest BCUT2D eigenvalue weighted by Crippen LogP contribution is -2.37. The van der Waals surface area contributed by atoms with E-state index >= 15 is 0 Å². The third kappa shape index (κ3) is 3.20. The van der Waals surface area contributed by atoms with Crippen molar-refractivity contribution in [1.82, 2.24) is 0 Å². The first-order chi connectivity index (χ1) is 8.97. The molecule has 1 aliphatic rings. The summed E-state index contributed by atoms with van der Waals surface area (Å²) >= 11 is 0. The van der Waals surface area contributed by atoms with E-state index < -0.39 is 10.7 Å². The Morgan fingerprint density at radius 2 is 2.00 bits per heavy atom. The fourth-order valence-electron chi connectivity index (χ4n) is 2.54. The van der Waals surface area contributed by atoms with E-state index in [2.05, 4.69) is 5.32 Å². The zero-order chi connectivity index (χ0) is 14.0. The van der Waals surface area contributed by atoms with Crippen LogP contribution in [0.15, 0.2) is 18.2 Å². The molecule has 5 nitrogen and oxygen atoms in total. The molecule has 0 radical (unpaired) electrons. The van der Waals surface area contributed by atoms with Crippen LogP contribution < -0.4 is 5.32 Å². The zero-order valence-corrected chi connectivity index (χ0v) is 10.9. The Morgan fingerprint density at radius 1 is 1.37 bits per heavy atom. The maximum Gasteiger partial charge on any atom is 0.295 e. The van der Waals surface area contributed by atoms with Gasteiger partial charge in [0.15, 0.2) is 5.82 Å². The Morgan fingerprint density at radius 3 is 2.58 bits per heavy atom. The minimum Gasteiger partial charge on any atom is -0.375 e. The first-order valence-electron chi connectivity index (χ1n) is 6.32. The van der Waals surface area contributed by atoms with Gasteiger partial charge in [0.1, 0.15) is 5.69 Å². The van der Waals surface area contributed by atoms with Crippen molar-refractivity contribution in [3.8, 4) is 0 Å². The van der Waals surface area contributed by atoms with Crippen molar-refractivity contribution in [2.75, 3.05) is 5.32 Å². The quantitative estimate of drug-likeness (QED) is 0.675. The summed E-state index contributed by atoms with van der Waals surface area (Å²) in [5.74, 6) is -0.596. The summed E-state index contributed by atoms with van der Waals surface area (Å²) in [5, 5.41) is 13.9. The molecule has 0 spiro atoms. The third-order valence-corrected chi connectivity index (χ3v) is 3.23. The number of benzene rings is 1. The lowest BCUT2D eigenvalue weighted by Gasteiger charge is -2.33. The van der Waals surface area contributed by atoms with Crippen LogP contribution in [0.1, 0.15) is 26.7 Å². The van der Waals surface area contributed by atoms with E-state index in [9.17, 15) is 14.5 Å². The zero-order valence-electron chi connectivity index (χ0n) is 10.9. The van der Waals surface area contributed by atoms with Crippen LogP contribution >= 0.6 is 0 Å². The van der Waals surface area contributed by atoms with Gasteiger partial charge >= 0.3 is 0 Å². The summed E-state index contributed by atoms with van der Waals surface area (Å²) in [6, 6.07) is 3.85. The number of nitro benzene ring substituents is 1. The average Bonchev–Trinajstić information content (AvgIpc) is 2.30. The molecule has 2 unspecified atom stereocenters. The molecule has 1 aromatic carbocycles. The van der Waals surface area contributed by atoms with E-state index in [0.29, 0.717) is 12.8 Å². The Bertz CT molecular complexity index is 471. The number of rotatable bonds is 3. The van der Waals surface area contributed by atoms with Gasteiger partial charge in [0.05, 0.1) is 17.1 Å². The summed E-state index contributed by atoms with van der Waals surface area (Å²) in [5.41, 5.74) is -0.259. The van der Waals surface area contributed by atoms with Gasteiger partial charge in [-0.05, 0) is 32.8 Å². The van der Waals surface area contributed by atoms with Gasteiger partial charge in [-0.3, -0.25) is 10.1 Å². The molecule has 1 N–H and O–H groups in total. The second-order valence-electron chi connectivity index (χ2n) is 4.96. The summed E-state index contributed by atoms with van der Waals surface area (Å²) in [6.45, 7) is 3.89. The smallest absolute Gasteiger partial charge is 0.295 e. The van der Waals surface area contributed by atoms with Crippen LogP contribution in [0.3, 0.4) is 0 Å². The summed E-state index contributed by atoms with van der Waals surface area (Å²) < 4.78 is 19.4. The van der Waals surface area contributed by atoms with E-state index in [4.69, 9.17) is 4.74 Å². The Kier molecular flexibility index (Phi) is 3.99. The van der Waals surface area contributed by atoms with Crippen molar-refractivity contribution in [2.45, 2.75) is 44.9 Å². The SMILES string of the molecule is CC1CC(Nc2c(F)cccc2[N+](=O)[O-])CC(C)O1. The summed E-state index contributed by atoms with van der Waals surface area (Å²) in [4.78, 5) is 10.3. The van der Waals surface area contributed by atoms with Gasteiger partial charge in [0, 0.05) is 12.1 Å². The van der Waals surface area contributed by atoms with E-state index in [1.54, 1.807) is 0 Å². The van der Waals surface area contributed by atoms with Crippen molar-refractivity contribution < 1.29 is 14.1 Å². The van der Waals surface area contributed by atoms with Gasteiger partial charge in [-0.25, -0.2) is 4.39 Å². The predicted octanol–water partition coefficient (Wildman–Crippen LogP) is 3.10. The highest BCUT2D eigenvalue weighted by atomic mass is 19.1. The minimum absolute atomic E-state index is 0.0191. The van der Waals surface area contributed by atoms with Crippen molar-refractivity contribution in [1.29, 1.82) is 0 Å². The topological polar surface area (TPSA) is 64.4 Å². The normalized spacial score (nSPS) is 27.0. The first-order valence-corrected chi connectivity index (χ1v) is 6.32. The van der Waals surface area contributed by atoms with Crippen molar-refractivity contribution in [2.24, 2.45) is 0 Å². The molecule has 1 heterocycles. The van der Waals surface area contributed by atoms with Crippen LogP contribution in [-0.2, 0) is 4.74 Å². The van der Waals surface area contributed by atoms with Gasteiger partial charge in [-0.1, -0.05) is 6.07 Å². The highest BCUT2D eigenvalue weighted by Crippen LogP contribution is 2.30. The van der Waals surface area contributed by atoms with Crippen molar-refractivity contribution in [3.05, 3.63) is 34.1 Å².